The molecule has 19 heavy (non-hydrogen) atoms. The van der Waals surface area contributed by atoms with Crippen molar-refractivity contribution in [3.05, 3.63) is 12.2 Å². The van der Waals surface area contributed by atoms with Gasteiger partial charge >= 0.3 is 0 Å². The summed E-state index contributed by atoms with van der Waals surface area (Å²) in [6.45, 7) is 5.40. The summed E-state index contributed by atoms with van der Waals surface area (Å²) < 4.78 is 1.97. The highest BCUT2D eigenvalue weighted by Gasteiger charge is 2.36. The minimum atomic E-state index is -0.645. The van der Waals surface area contributed by atoms with Crippen LogP contribution in [0.3, 0.4) is 0 Å². The van der Waals surface area contributed by atoms with Crippen LogP contribution in [0.2, 0.25) is 0 Å². The third-order valence-electron chi connectivity index (χ3n) is 3.75. The van der Waals surface area contributed by atoms with Crippen LogP contribution in [0, 0.1) is 0 Å². The summed E-state index contributed by atoms with van der Waals surface area (Å²) in [4.78, 5) is 12.0. The van der Waals surface area contributed by atoms with Crippen LogP contribution in [0.15, 0.2) is 6.33 Å². The van der Waals surface area contributed by atoms with Crippen LogP contribution >= 0.6 is 0 Å². The Morgan fingerprint density at radius 2 is 2.21 bits per heavy atom. The molecule has 106 valence electrons. The maximum Gasteiger partial charge on any atom is 0.240 e. The van der Waals surface area contributed by atoms with Gasteiger partial charge in [-0.1, -0.05) is 26.7 Å². The van der Waals surface area contributed by atoms with Gasteiger partial charge in [-0.3, -0.25) is 4.79 Å². The van der Waals surface area contributed by atoms with Gasteiger partial charge in [-0.2, -0.15) is 0 Å². The lowest BCUT2D eigenvalue weighted by Gasteiger charge is -2.22. The van der Waals surface area contributed by atoms with Crippen molar-refractivity contribution in [2.75, 3.05) is 6.54 Å². The molecule has 1 aliphatic carbocycles. The standard InChI is InChI=1S/C13H23N5O/c1-10(2)11-17-16-9-18(11)8-7-15-12(19)13(14)5-3-4-6-13/h9-10H,3-8,14H2,1-2H3,(H,15,19). The lowest BCUT2D eigenvalue weighted by atomic mass is 9.98. The van der Waals surface area contributed by atoms with Crippen LogP contribution in [0.4, 0.5) is 0 Å². The summed E-state index contributed by atoms with van der Waals surface area (Å²) >= 11 is 0. The molecule has 0 spiro atoms. The van der Waals surface area contributed by atoms with E-state index in [1.54, 1.807) is 6.33 Å². The molecule has 3 N–H and O–H groups in total. The SMILES string of the molecule is CC(C)c1nncn1CCNC(=O)C1(N)CCCC1. The number of aromatic nitrogens is 3. The van der Waals surface area contributed by atoms with E-state index in [4.69, 9.17) is 5.73 Å². The molecule has 0 aliphatic heterocycles. The molecule has 0 radical (unpaired) electrons. The highest BCUT2D eigenvalue weighted by Crippen LogP contribution is 2.27. The van der Waals surface area contributed by atoms with Gasteiger partial charge in [0.05, 0.1) is 5.54 Å². The molecule has 0 saturated heterocycles. The van der Waals surface area contributed by atoms with E-state index in [2.05, 4.69) is 29.4 Å². The van der Waals surface area contributed by atoms with E-state index in [1.165, 1.54) is 0 Å². The van der Waals surface area contributed by atoms with Crippen molar-refractivity contribution < 1.29 is 4.79 Å². The van der Waals surface area contributed by atoms with E-state index < -0.39 is 5.54 Å². The van der Waals surface area contributed by atoms with Gasteiger partial charge in [0.15, 0.2) is 0 Å². The van der Waals surface area contributed by atoms with E-state index in [1.807, 2.05) is 4.57 Å². The Balaban J connectivity index is 1.83. The third-order valence-corrected chi connectivity index (χ3v) is 3.75. The number of hydrogen-bond donors (Lipinski definition) is 2. The Hall–Kier alpha value is -1.43. The van der Waals surface area contributed by atoms with E-state index in [-0.39, 0.29) is 5.91 Å². The van der Waals surface area contributed by atoms with Crippen LogP contribution in [0.1, 0.15) is 51.3 Å². The zero-order chi connectivity index (χ0) is 13.9. The number of nitrogens with zero attached hydrogens (tertiary/aromatic N) is 3. The number of amides is 1. The molecule has 1 aliphatic rings. The minimum absolute atomic E-state index is 0.0239. The van der Waals surface area contributed by atoms with Gasteiger partial charge in [-0.05, 0) is 12.8 Å². The lowest BCUT2D eigenvalue weighted by molar-refractivity contribution is -0.126. The van der Waals surface area contributed by atoms with Gasteiger partial charge in [0, 0.05) is 19.0 Å². The molecule has 1 aromatic heterocycles. The van der Waals surface area contributed by atoms with Crippen LogP contribution in [-0.2, 0) is 11.3 Å². The Kier molecular flexibility index (Phi) is 4.19. The van der Waals surface area contributed by atoms with E-state index in [9.17, 15) is 4.79 Å². The third kappa shape index (κ3) is 3.12. The molecule has 1 fully saturated rings. The summed E-state index contributed by atoms with van der Waals surface area (Å²) in [5.41, 5.74) is 5.45. The number of nitrogens with one attached hydrogen (secondary N) is 1. The smallest absolute Gasteiger partial charge is 0.240 e. The first-order valence-electron chi connectivity index (χ1n) is 6.98. The van der Waals surface area contributed by atoms with E-state index >= 15 is 0 Å². The molecule has 1 aromatic rings. The lowest BCUT2D eigenvalue weighted by Crippen LogP contribution is -2.52. The van der Waals surface area contributed by atoms with Crippen LogP contribution in [-0.4, -0.2) is 32.8 Å². The van der Waals surface area contributed by atoms with Crippen molar-refractivity contribution in [1.29, 1.82) is 0 Å². The van der Waals surface area contributed by atoms with Gasteiger partial charge < -0.3 is 15.6 Å². The number of hydrogen-bond acceptors (Lipinski definition) is 4. The number of nitrogens with two attached hydrogens (primary N) is 1. The van der Waals surface area contributed by atoms with Crippen molar-refractivity contribution in [2.45, 2.75) is 57.5 Å². The van der Waals surface area contributed by atoms with Crippen molar-refractivity contribution in [1.82, 2.24) is 20.1 Å². The average Bonchev–Trinajstić information content (AvgIpc) is 2.98. The van der Waals surface area contributed by atoms with E-state index in [0.717, 1.165) is 31.5 Å². The fourth-order valence-electron chi connectivity index (χ4n) is 2.58. The summed E-state index contributed by atoms with van der Waals surface area (Å²) in [5.74, 6) is 1.25. The summed E-state index contributed by atoms with van der Waals surface area (Å²) in [7, 11) is 0. The molecule has 2 rings (SSSR count). The van der Waals surface area contributed by atoms with Gasteiger partial charge in [-0.15, -0.1) is 10.2 Å². The molecular weight excluding hydrogens is 242 g/mol. The number of carbonyl (C=O) groups is 1. The highest BCUT2D eigenvalue weighted by atomic mass is 16.2. The Morgan fingerprint density at radius 1 is 1.53 bits per heavy atom. The second kappa shape index (κ2) is 5.69. The second-order valence-corrected chi connectivity index (χ2v) is 5.66. The van der Waals surface area contributed by atoms with Crippen molar-refractivity contribution in [3.63, 3.8) is 0 Å². The topological polar surface area (TPSA) is 85.8 Å². The van der Waals surface area contributed by atoms with Crippen LogP contribution in [0.25, 0.3) is 0 Å². The first-order valence-corrected chi connectivity index (χ1v) is 6.98. The maximum absolute atomic E-state index is 12.0. The fraction of sp³-hybridized carbons (Fsp3) is 0.769. The van der Waals surface area contributed by atoms with Gasteiger partial charge in [0.25, 0.3) is 0 Å². The molecule has 1 heterocycles. The average molecular weight is 265 g/mol. The zero-order valence-electron chi connectivity index (χ0n) is 11.7. The predicted molar refractivity (Wildman–Crippen MR) is 72.5 cm³/mol. The normalized spacial score (nSPS) is 17.9. The molecule has 6 heteroatoms. The molecular formula is C13H23N5O. The van der Waals surface area contributed by atoms with Crippen molar-refractivity contribution in [2.24, 2.45) is 5.73 Å². The molecule has 1 amide bonds. The first-order chi connectivity index (χ1) is 9.03. The molecule has 0 unspecified atom stereocenters. The monoisotopic (exact) mass is 265 g/mol. The minimum Gasteiger partial charge on any atom is -0.353 e. The molecule has 0 atom stereocenters. The maximum atomic E-state index is 12.0. The summed E-state index contributed by atoms with van der Waals surface area (Å²) in [5, 5.41) is 10.9. The molecule has 6 nitrogen and oxygen atoms in total. The first kappa shape index (κ1) is 14.0. The fourth-order valence-corrected chi connectivity index (χ4v) is 2.58. The van der Waals surface area contributed by atoms with E-state index in [0.29, 0.717) is 19.0 Å². The number of carbonyl (C=O) groups excluding carboxylic acids is 1. The summed E-state index contributed by atoms with van der Waals surface area (Å²) in [6, 6.07) is 0. The molecule has 1 saturated carbocycles. The predicted octanol–water partition coefficient (Wildman–Crippen LogP) is 0.789. The number of rotatable bonds is 5. The Bertz CT molecular complexity index is 434. The van der Waals surface area contributed by atoms with Crippen LogP contribution in [0.5, 0.6) is 0 Å². The molecule has 0 bridgehead atoms. The largest absolute Gasteiger partial charge is 0.353 e. The quantitative estimate of drug-likeness (QED) is 0.824. The summed E-state index contributed by atoms with van der Waals surface area (Å²) in [6.07, 6.45) is 5.39. The van der Waals surface area contributed by atoms with Gasteiger partial charge in [0.1, 0.15) is 12.2 Å². The van der Waals surface area contributed by atoms with Gasteiger partial charge in [0.2, 0.25) is 5.91 Å². The Morgan fingerprint density at radius 3 is 2.84 bits per heavy atom. The zero-order valence-corrected chi connectivity index (χ0v) is 11.7. The van der Waals surface area contributed by atoms with Crippen molar-refractivity contribution in [3.8, 4) is 0 Å². The molecule has 0 aromatic carbocycles. The van der Waals surface area contributed by atoms with Crippen molar-refractivity contribution >= 4 is 5.91 Å². The second-order valence-electron chi connectivity index (χ2n) is 5.66. The Labute approximate surface area is 113 Å². The van der Waals surface area contributed by atoms with Gasteiger partial charge in [-0.25, -0.2) is 0 Å². The van der Waals surface area contributed by atoms with Crippen LogP contribution < -0.4 is 11.1 Å². The highest BCUT2D eigenvalue weighted by molar-refractivity contribution is 5.86.